The maximum Gasteiger partial charge on any atom is 0.343 e. The lowest BCUT2D eigenvalue weighted by molar-refractivity contribution is -0.422. The molecule has 0 atom stereocenters. The van der Waals surface area contributed by atoms with Gasteiger partial charge in [0.2, 0.25) is 12.5 Å². The molecule has 0 amide bonds. The second-order valence-corrected chi connectivity index (χ2v) is 5.64. The summed E-state index contributed by atoms with van der Waals surface area (Å²) in [5.41, 5.74) is 0.855. The second-order valence-electron chi connectivity index (χ2n) is 5.64. The average Bonchev–Trinajstić information content (AvgIpc) is 3.11. The highest BCUT2D eigenvalue weighted by atomic mass is 16.7. The van der Waals surface area contributed by atoms with Crippen LogP contribution in [0.1, 0.15) is 29.8 Å². The van der Waals surface area contributed by atoms with E-state index in [2.05, 4.69) is 0 Å². The summed E-state index contributed by atoms with van der Waals surface area (Å²) >= 11 is 0. The number of nitro groups is 1. The van der Waals surface area contributed by atoms with Crippen LogP contribution in [-0.4, -0.2) is 24.3 Å². The minimum absolute atomic E-state index is 0.0115. The summed E-state index contributed by atoms with van der Waals surface area (Å²) in [5.74, 6) is 0.995. The molecule has 0 fully saturated rings. The van der Waals surface area contributed by atoms with Gasteiger partial charge in [-0.3, -0.25) is 10.1 Å². The number of hydrogen-bond donors (Lipinski definition) is 0. The van der Waals surface area contributed by atoms with Gasteiger partial charge in [0.05, 0.1) is 17.1 Å². The topological polar surface area (TPSA) is 97.1 Å². The molecule has 0 bridgehead atoms. The van der Waals surface area contributed by atoms with E-state index in [-0.39, 0.29) is 18.2 Å². The first-order valence-corrected chi connectivity index (χ1v) is 8.19. The Morgan fingerprint density at radius 2 is 1.96 bits per heavy atom. The SMILES string of the molecule is CCOc1cc(/C=C(/C)[N+](=O)[O-])ccc1OC(=O)c1ccc2c(c1)OCO2. The number of esters is 1. The number of ether oxygens (including phenoxy) is 4. The van der Waals surface area contributed by atoms with E-state index in [4.69, 9.17) is 18.9 Å². The first-order chi connectivity index (χ1) is 13.0. The molecule has 0 radical (unpaired) electrons. The Morgan fingerprint density at radius 1 is 1.19 bits per heavy atom. The molecular formula is C19H17NO7. The van der Waals surface area contributed by atoms with Gasteiger partial charge in [0, 0.05) is 13.0 Å². The Hall–Kier alpha value is -3.55. The van der Waals surface area contributed by atoms with Crippen LogP contribution in [0.25, 0.3) is 6.08 Å². The maximum absolute atomic E-state index is 12.4. The second kappa shape index (κ2) is 7.77. The Morgan fingerprint density at radius 3 is 2.70 bits per heavy atom. The number of fused-ring (bicyclic) bond motifs is 1. The molecule has 0 saturated carbocycles. The van der Waals surface area contributed by atoms with E-state index in [0.717, 1.165) is 0 Å². The zero-order valence-corrected chi connectivity index (χ0v) is 14.8. The lowest BCUT2D eigenvalue weighted by Gasteiger charge is -2.11. The van der Waals surface area contributed by atoms with Crippen molar-refractivity contribution < 1.29 is 28.7 Å². The standard InChI is InChI=1S/C19H17NO7/c1-3-24-17-9-13(8-12(2)20(22)23)4-6-16(17)27-19(21)14-5-7-15-18(10-14)26-11-25-15/h4-10H,3,11H2,1-2H3/b12-8-. The van der Waals surface area contributed by atoms with Gasteiger partial charge < -0.3 is 18.9 Å². The minimum atomic E-state index is -0.584. The zero-order valence-electron chi connectivity index (χ0n) is 14.8. The summed E-state index contributed by atoms with van der Waals surface area (Å²) in [7, 11) is 0. The Bertz CT molecular complexity index is 920. The first-order valence-electron chi connectivity index (χ1n) is 8.19. The number of allylic oxidation sites excluding steroid dienone is 1. The van der Waals surface area contributed by atoms with Gasteiger partial charge in [0.15, 0.2) is 23.0 Å². The third kappa shape index (κ3) is 4.17. The quantitative estimate of drug-likeness (QED) is 0.331. The highest BCUT2D eigenvalue weighted by Crippen LogP contribution is 2.34. The van der Waals surface area contributed by atoms with E-state index in [0.29, 0.717) is 35.0 Å². The van der Waals surface area contributed by atoms with Gasteiger partial charge in [-0.05, 0) is 42.8 Å². The zero-order chi connectivity index (χ0) is 19.4. The minimum Gasteiger partial charge on any atom is -0.490 e. The Labute approximate surface area is 155 Å². The summed E-state index contributed by atoms with van der Waals surface area (Å²) < 4.78 is 21.4. The van der Waals surface area contributed by atoms with Crippen molar-refractivity contribution >= 4 is 12.0 Å². The molecule has 0 saturated heterocycles. The van der Waals surface area contributed by atoms with Gasteiger partial charge in [-0.15, -0.1) is 0 Å². The smallest absolute Gasteiger partial charge is 0.343 e. The molecule has 3 rings (SSSR count). The fourth-order valence-electron chi connectivity index (χ4n) is 2.44. The van der Waals surface area contributed by atoms with Crippen LogP contribution in [0, 0.1) is 10.1 Å². The largest absolute Gasteiger partial charge is 0.490 e. The van der Waals surface area contributed by atoms with Crippen LogP contribution in [0.5, 0.6) is 23.0 Å². The van der Waals surface area contributed by atoms with Gasteiger partial charge in [-0.1, -0.05) is 6.07 Å². The van der Waals surface area contributed by atoms with Crippen molar-refractivity contribution in [1.29, 1.82) is 0 Å². The normalized spacial score (nSPS) is 12.6. The number of carbonyl (C=O) groups excluding carboxylic acids is 1. The molecule has 1 heterocycles. The molecular weight excluding hydrogens is 354 g/mol. The van der Waals surface area contributed by atoms with Crippen molar-refractivity contribution in [3.05, 3.63) is 63.3 Å². The van der Waals surface area contributed by atoms with Gasteiger partial charge >= 0.3 is 5.97 Å². The van der Waals surface area contributed by atoms with Gasteiger partial charge in [-0.2, -0.15) is 0 Å². The molecule has 1 aliphatic heterocycles. The summed E-state index contributed by atoms with van der Waals surface area (Å²) in [6.07, 6.45) is 1.41. The van der Waals surface area contributed by atoms with Crippen LogP contribution in [0.4, 0.5) is 0 Å². The molecule has 27 heavy (non-hydrogen) atoms. The molecule has 1 aliphatic rings. The lowest BCUT2D eigenvalue weighted by Crippen LogP contribution is -2.09. The number of carbonyl (C=O) groups is 1. The summed E-state index contributed by atoms with van der Waals surface area (Å²) in [5, 5.41) is 10.8. The molecule has 8 nitrogen and oxygen atoms in total. The first kappa shape index (κ1) is 18.2. The molecule has 8 heteroatoms. The van der Waals surface area contributed by atoms with Gasteiger partial charge in [0.1, 0.15) is 0 Å². The van der Waals surface area contributed by atoms with Crippen molar-refractivity contribution in [1.82, 2.24) is 0 Å². The van der Waals surface area contributed by atoms with Gasteiger partial charge in [-0.25, -0.2) is 4.79 Å². The van der Waals surface area contributed by atoms with E-state index < -0.39 is 10.9 Å². The van der Waals surface area contributed by atoms with Crippen molar-refractivity contribution in [2.24, 2.45) is 0 Å². The van der Waals surface area contributed by atoms with Crippen LogP contribution >= 0.6 is 0 Å². The number of rotatable bonds is 6. The third-order valence-corrected chi connectivity index (χ3v) is 3.74. The van der Waals surface area contributed by atoms with Crippen molar-refractivity contribution in [2.45, 2.75) is 13.8 Å². The fourth-order valence-corrected chi connectivity index (χ4v) is 2.44. The van der Waals surface area contributed by atoms with E-state index >= 15 is 0 Å². The highest BCUT2D eigenvalue weighted by Gasteiger charge is 2.19. The molecule has 0 unspecified atom stereocenters. The molecule has 0 N–H and O–H groups in total. The number of hydrogen-bond acceptors (Lipinski definition) is 7. The number of benzene rings is 2. The molecule has 2 aromatic rings. The predicted octanol–water partition coefficient (Wildman–Crippen LogP) is 3.67. The monoisotopic (exact) mass is 371 g/mol. The van der Waals surface area contributed by atoms with Gasteiger partial charge in [0.25, 0.3) is 0 Å². The molecule has 0 aliphatic carbocycles. The van der Waals surface area contributed by atoms with Crippen LogP contribution in [-0.2, 0) is 0 Å². The molecule has 0 aromatic heterocycles. The molecule has 140 valence electrons. The Balaban J connectivity index is 1.84. The highest BCUT2D eigenvalue weighted by molar-refractivity contribution is 5.92. The molecule has 0 spiro atoms. The molecule has 2 aromatic carbocycles. The van der Waals surface area contributed by atoms with Crippen molar-refractivity contribution in [3.63, 3.8) is 0 Å². The van der Waals surface area contributed by atoms with E-state index in [1.54, 1.807) is 37.3 Å². The maximum atomic E-state index is 12.4. The van der Waals surface area contributed by atoms with E-state index in [1.165, 1.54) is 19.1 Å². The summed E-state index contributed by atoms with van der Waals surface area (Å²) in [6.45, 7) is 3.64. The van der Waals surface area contributed by atoms with E-state index in [1.807, 2.05) is 0 Å². The number of nitrogens with zero attached hydrogens (tertiary/aromatic N) is 1. The lowest BCUT2D eigenvalue weighted by atomic mass is 10.1. The summed E-state index contributed by atoms with van der Waals surface area (Å²) in [6, 6.07) is 9.48. The van der Waals surface area contributed by atoms with Crippen LogP contribution in [0.15, 0.2) is 42.1 Å². The third-order valence-electron chi connectivity index (χ3n) is 3.74. The van der Waals surface area contributed by atoms with Crippen LogP contribution in [0.3, 0.4) is 0 Å². The van der Waals surface area contributed by atoms with Crippen LogP contribution < -0.4 is 18.9 Å². The van der Waals surface area contributed by atoms with Crippen molar-refractivity contribution in [3.8, 4) is 23.0 Å². The predicted molar refractivity (Wildman–Crippen MR) is 95.8 cm³/mol. The summed E-state index contributed by atoms with van der Waals surface area (Å²) in [4.78, 5) is 22.8. The fraction of sp³-hybridized carbons (Fsp3) is 0.211. The Kier molecular flexibility index (Phi) is 5.25. The van der Waals surface area contributed by atoms with Crippen LogP contribution in [0.2, 0.25) is 0 Å². The van der Waals surface area contributed by atoms with Crippen molar-refractivity contribution in [2.75, 3.05) is 13.4 Å². The van der Waals surface area contributed by atoms with E-state index in [9.17, 15) is 14.9 Å². The average molecular weight is 371 g/mol.